The minimum Gasteiger partial charge on any atom is -0.497 e. The molecule has 3 nitrogen and oxygen atoms in total. The number of hydrogen-bond donors (Lipinski definition) is 0. The van der Waals surface area contributed by atoms with Crippen molar-refractivity contribution < 1.29 is 4.74 Å². The third kappa shape index (κ3) is 2.88. The van der Waals surface area contributed by atoms with Crippen LogP contribution < -0.4 is 4.74 Å². The Balaban J connectivity index is 1.93. The van der Waals surface area contributed by atoms with Gasteiger partial charge in [0, 0.05) is 12.6 Å². The predicted octanol–water partition coefficient (Wildman–Crippen LogP) is 4.03. The van der Waals surface area contributed by atoms with E-state index >= 15 is 0 Å². The van der Waals surface area contributed by atoms with Crippen LogP contribution in [-0.2, 0) is 18.8 Å². The molecule has 3 rings (SSSR count). The van der Waals surface area contributed by atoms with Crippen molar-refractivity contribution in [2.24, 2.45) is 0 Å². The Bertz CT molecular complexity index is 737. The molecule has 1 aromatic heterocycles. The number of imidazole rings is 1. The maximum atomic E-state index is 6.04. The van der Waals surface area contributed by atoms with Gasteiger partial charge in [-0.3, -0.25) is 0 Å². The van der Waals surface area contributed by atoms with Gasteiger partial charge in [0.2, 0.25) is 0 Å². The molecule has 0 radical (unpaired) electrons. The van der Waals surface area contributed by atoms with Crippen molar-refractivity contribution in [2.75, 3.05) is 7.11 Å². The molecular formula is C17H17ClN2O. The molecule has 0 N–H and O–H groups in total. The molecule has 0 saturated carbocycles. The van der Waals surface area contributed by atoms with E-state index in [1.165, 1.54) is 5.56 Å². The fourth-order valence-electron chi connectivity index (χ4n) is 2.52. The molecule has 0 aliphatic heterocycles. The standard InChI is InChI=1S/C17H17ClN2O/c1-21-14-7-8-16-15(11-14)19-17(12-18)20(16)10-9-13-5-3-2-4-6-13/h2-8,11H,9-10,12H2,1H3. The zero-order chi connectivity index (χ0) is 14.7. The molecule has 0 unspecified atom stereocenters. The first-order valence-corrected chi connectivity index (χ1v) is 7.48. The number of methoxy groups -OCH3 is 1. The van der Waals surface area contributed by atoms with E-state index in [9.17, 15) is 0 Å². The van der Waals surface area contributed by atoms with Gasteiger partial charge in [-0.25, -0.2) is 4.98 Å². The maximum Gasteiger partial charge on any atom is 0.124 e. The average Bonchev–Trinajstić information content (AvgIpc) is 2.90. The molecule has 0 bridgehead atoms. The largest absolute Gasteiger partial charge is 0.497 e. The Labute approximate surface area is 129 Å². The van der Waals surface area contributed by atoms with Crippen LogP contribution in [0.5, 0.6) is 5.75 Å². The summed E-state index contributed by atoms with van der Waals surface area (Å²) in [4.78, 5) is 4.60. The van der Waals surface area contributed by atoms with Gasteiger partial charge in [-0.1, -0.05) is 30.3 Å². The topological polar surface area (TPSA) is 27.1 Å². The number of benzene rings is 2. The first-order chi connectivity index (χ1) is 10.3. The van der Waals surface area contributed by atoms with Gasteiger partial charge in [0.05, 0.1) is 24.0 Å². The number of rotatable bonds is 5. The highest BCUT2D eigenvalue weighted by Crippen LogP contribution is 2.23. The lowest BCUT2D eigenvalue weighted by molar-refractivity contribution is 0.415. The summed E-state index contributed by atoms with van der Waals surface area (Å²) in [7, 11) is 1.66. The molecule has 0 aliphatic rings. The van der Waals surface area contributed by atoms with E-state index in [2.05, 4.69) is 33.8 Å². The molecule has 0 amide bonds. The monoisotopic (exact) mass is 300 g/mol. The van der Waals surface area contributed by atoms with Crippen molar-refractivity contribution in [3.05, 3.63) is 59.9 Å². The summed E-state index contributed by atoms with van der Waals surface area (Å²) >= 11 is 6.04. The Hall–Kier alpha value is -2.00. The highest BCUT2D eigenvalue weighted by molar-refractivity contribution is 6.16. The van der Waals surface area contributed by atoms with E-state index in [4.69, 9.17) is 16.3 Å². The van der Waals surface area contributed by atoms with Crippen molar-refractivity contribution in [3.8, 4) is 5.75 Å². The Morgan fingerprint density at radius 3 is 2.67 bits per heavy atom. The van der Waals surface area contributed by atoms with Crippen LogP contribution in [0.4, 0.5) is 0 Å². The number of ether oxygens (including phenoxy) is 1. The van der Waals surface area contributed by atoms with Gasteiger partial charge < -0.3 is 9.30 Å². The summed E-state index contributed by atoms with van der Waals surface area (Å²) in [6.07, 6.45) is 0.961. The zero-order valence-electron chi connectivity index (χ0n) is 11.9. The van der Waals surface area contributed by atoms with Crippen molar-refractivity contribution in [1.82, 2.24) is 9.55 Å². The van der Waals surface area contributed by atoms with Crippen molar-refractivity contribution in [3.63, 3.8) is 0 Å². The Kier molecular flexibility index (Phi) is 4.11. The number of hydrogen-bond acceptors (Lipinski definition) is 2. The first kappa shape index (κ1) is 14.0. The van der Waals surface area contributed by atoms with E-state index in [1.807, 2.05) is 24.3 Å². The molecule has 4 heteroatoms. The van der Waals surface area contributed by atoms with Crippen LogP contribution in [0.15, 0.2) is 48.5 Å². The number of fused-ring (bicyclic) bond motifs is 1. The predicted molar refractivity (Wildman–Crippen MR) is 86.0 cm³/mol. The van der Waals surface area contributed by atoms with E-state index in [0.29, 0.717) is 5.88 Å². The highest BCUT2D eigenvalue weighted by atomic mass is 35.5. The molecule has 1 heterocycles. The number of aromatic nitrogens is 2. The molecule has 0 fully saturated rings. The number of alkyl halides is 1. The number of nitrogens with zero attached hydrogens (tertiary/aromatic N) is 2. The van der Waals surface area contributed by atoms with Crippen molar-refractivity contribution in [1.29, 1.82) is 0 Å². The summed E-state index contributed by atoms with van der Waals surface area (Å²) in [6, 6.07) is 16.4. The van der Waals surface area contributed by atoms with Gasteiger partial charge in [-0.15, -0.1) is 11.6 Å². The van der Waals surface area contributed by atoms with Crippen LogP contribution in [0.25, 0.3) is 11.0 Å². The molecule has 21 heavy (non-hydrogen) atoms. The van der Waals surface area contributed by atoms with E-state index in [-0.39, 0.29) is 0 Å². The van der Waals surface area contributed by atoms with Crippen LogP contribution >= 0.6 is 11.6 Å². The average molecular weight is 301 g/mol. The minimum atomic E-state index is 0.409. The second-order valence-corrected chi connectivity index (χ2v) is 5.17. The Morgan fingerprint density at radius 2 is 1.95 bits per heavy atom. The van der Waals surface area contributed by atoms with Crippen LogP contribution in [-0.4, -0.2) is 16.7 Å². The molecule has 0 saturated heterocycles. The summed E-state index contributed by atoms with van der Waals surface area (Å²) < 4.78 is 7.44. The molecule has 0 aliphatic carbocycles. The van der Waals surface area contributed by atoms with E-state index < -0.39 is 0 Å². The van der Waals surface area contributed by atoms with E-state index in [1.54, 1.807) is 7.11 Å². The normalized spacial score (nSPS) is 11.0. The lowest BCUT2D eigenvalue weighted by Gasteiger charge is -2.08. The fourth-order valence-corrected chi connectivity index (χ4v) is 2.73. The highest BCUT2D eigenvalue weighted by Gasteiger charge is 2.10. The summed E-state index contributed by atoms with van der Waals surface area (Å²) in [5, 5.41) is 0. The molecule has 2 aromatic carbocycles. The third-order valence-corrected chi connectivity index (χ3v) is 3.86. The SMILES string of the molecule is COc1ccc2c(c1)nc(CCl)n2CCc1ccccc1. The quantitative estimate of drug-likeness (QED) is 0.665. The van der Waals surface area contributed by atoms with Gasteiger partial charge in [-0.2, -0.15) is 0 Å². The first-order valence-electron chi connectivity index (χ1n) is 6.95. The van der Waals surface area contributed by atoms with Crippen molar-refractivity contribution >= 4 is 22.6 Å². The fraction of sp³-hybridized carbons (Fsp3) is 0.235. The van der Waals surface area contributed by atoms with Crippen LogP contribution in [0, 0.1) is 0 Å². The Morgan fingerprint density at radius 1 is 1.14 bits per heavy atom. The second-order valence-electron chi connectivity index (χ2n) is 4.90. The lowest BCUT2D eigenvalue weighted by atomic mass is 10.1. The minimum absolute atomic E-state index is 0.409. The lowest BCUT2D eigenvalue weighted by Crippen LogP contribution is -2.05. The number of halogens is 1. The van der Waals surface area contributed by atoms with Crippen molar-refractivity contribution in [2.45, 2.75) is 18.8 Å². The van der Waals surface area contributed by atoms with Crippen LogP contribution in [0.2, 0.25) is 0 Å². The third-order valence-electron chi connectivity index (χ3n) is 3.62. The van der Waals surface area contributed by atoms with Gasteiger partial charge in [0.25, 0.3) is 0 Å². The smallest absolute Gasteiger partial charge is 0.124 e. The molecular weight excluding hydrogens is 284 g/mol. The van der Waals surface area contributed by atoms with Gasteiger partial charge in [-0.05, 0) is 24.1 Å². The van der Waals surface area contributed by atoms with Gasteiger partial charge >= 0.3 is 0 Å². The molecule has 3 aromatic rings. The molecule has 108 valence electrons. The van der Waals surface area contributed by atoms with Gasteiger partial charge in [0.1, 0.15) is 11.6 Å². The summed E-state index contributed by atoms with van der Waals surface area (Å²) in [5.74, 6) is 2.12. The molecule has 0 spiro atoms. The zero-order valence-corrected chi connectivity index (χ0v) is 12.7. The van der Waals surface area contributed by atoms with Crippen LogP contribution in [0.1, 0.15) is 11.4 Å². The number of aryl methyl sites for hydroxylation is 2. The maximum absolute atomic E-state index is 6.04. The summed E-state index contributed by atoms with van der Waals surface area (Å²) in [6.45, 7) is 0.870. The molecule has 0 atom stereocenters. The second kappa shape index (κ2) is 6.19. The van der Waals surface area contributed by atoms with Crippen LogP contribution in [0.3, 0.4) is 0 Å². The summed E-state index contributed by atoms with van der Waals surface area (Å²) in [5.41, 5.74) is 3.34. The van der Waals surface area contributed by atoms with E-state index in [0.717, 1.165) is 35.6 Å². The van der Waals surface area contributed by atoms with Gasteiger partial charge in [0.15, 0.2) is 0 Å².